The van der Waals surface area contributed by atoms with Crippen LogP contribution in [0.4, 0.5) is 0 Å². The van der Waals surface area contributed by atoms with Gasteiger partial charge in [-0.15, -0.1) is 0 Å². The van der Waals surface area contributed by atoms with Crippen LogP contribution in [-0.2, 0) is 17.6 Å². The highest BCUT2D eigenvalue weighted by Crippen LogP contribution is 2.31. The topological polar surface area (TPSA) is 115 Å². The molecular weight excluding hydrogens is 372 g/mol. The minimum Gasteiger partial charge on any atom is -0.490 e. The average Bonchev–Trinajstić information content (AvgIpc) is 3.24. The van der Waals surface area contributed by atoms with Crippen molar-refractivity contribution in [2.45, 2.75) is 31.9 Å². The zero-order valence-electron chi connectivity index (χ0n) is 16.0. The quantitative estimate of drug-likeness (QED) is 0.590. The van der Waals surface area contributed by atoms with Crippen molar-refractivity contribution >= 4 is 22.8 Å². The van der Waals surface area contributed by atoms with E-state index in [1.165, 1.54) is 11.1 Å². The van der Waals surface area contributed by atoms with Crippen LogP contribution in [0.15, 0.2) is 46.9 Å². The third kappa shape index (κ3) is 3.69. The van der Waals surface area contributed by atoms with E-state index >= 15 is 0 Å². The molecule has 0 aliphatic heterocycles. The number of benzene rings is 2. The number of nitrogens with one attached hydrogen (secondary N) is 1. The lowest BCUT2D eigenvalue weighted by molar-refractivity contribution is -0.120. The highest BCUT2D eigenvalue weighted by Gasteiger charge is 2.25. The molecule has 0 radical (unpaired) electrons. The summed E-state index contributed by atoms with van der Waals surface area (Å²) in [5.41, 5.74) is 8.60. The molecule has 2 amide bonds. The van der Waals surface area contributed by atoms with Crippen molar-refractivity contribution in [2.75, 3.05) is 6.61 Å². The number of primary amides is 1. The first-order chi connectivity index (χ1) is 14.0. The van der Waals surface area contributed by atoms with Crippen molar-refractivity contribution in [3.63, 3.8) is 0 Å². The van der Waals surface area contributed by atoms with Crippen LogP contribution >= 0.6 is 0 Å². The van der Waals surface area contributed by atoms with Gasteiger partial charge in [-0.25, -0.2) is 0 Å². The Kier molecular flexibility index (Phi) is 4.98. The normalized spacial score (nSPS) is 14.6. The summed E-state index contributed by atoms with van der Waals surface area (Å²) in [6, 6.07) is 12.4. The molecule has 0 fully saturated rings. The van der Waals surface area contributed by atoms with Crippen LogP contribution in [0.25, 0.3) is 11.0 Å². The SMILES string of the molecule is Cc1oc2ccc(OC3Cc4ccccc4C3)cc2c1C(=O)N[C@@H](CO)C(N)=O. The number of carbonyl (C=O) groups excluding carboxylic acids is 2. The third-order valence-corrected chi connectivity index (χ3v) is 5.21. The fourth-order valence-corrected chi connectivity index (χ4v) is 3.79. The highest BCUT2D eigenvalue weighted by atomic mass is 16.5. The molecule has 0 saturated heterocycles. The molecule has 3 aromatic rings. The van der Waals surface area contributed by atoms with Crippen molar-refractivity contribution in [1.29, 1.82) is 0 Å². The second-order valence-electron chi connectivity index (χ2n) is 7.22. The standard InChI is InChI=1S/C22H22N2O5/c1-12-20(22(27)24-18(11-25)21(23)26)17-10-15(6-7-19(17)28-12)29-16-8-13-4-2-3-5-14(13)9-16/h2-7,10,16,18,25H,8-9,11H2,1H3,(H2,23,26)(H,24,27)/t18-/m0/s1. The lowest BCUT2D eigenvalue weighted by atomic mass is 10.1. The number of ether oxygens (including phenoxy) is 1. The van der Waals surface area contributed by atoms with E-state index in [2.05, 4.69) is 17.4 Å². The molecular formula is C22H22N2O5. The maximum Gasteiger partial charge on any atom is 0.256 e. The van der Waals surface area contributed by atoms with E-state index in [1.807, 2.05) is 18.2 Å². The van der Waals surface area contributed by atoms with Gasteiger partial charge in [0, 0.05) is 18.2 Å². The number of nitrogens with two attached hydrogens (primary N) is 1. The molecule has 7 nitrogen and oxygen atoms in total. The summed E-state index contributed by atoms with van der Waals surface area (Å²) in [6.45, 7) is 1.09. The number of rotatable bonds is 6. The van der Waals surface area contributed by atoms with Crippen LogP contribution in [0.2, 0.25) is 0 Å². The summed E-state index contributed by atoms with van der Waals surface area (Å²) >= 11 is 0. The molecule has 0 bridgehead atoms. The Morgan fingerprint density at radius 2 is 1.93 bits per heavy atom. The summed E-state index contributed by atoms with van der Waals surface area (Å²) in [5.74, 6) is -0.302. The van der Waals surface area contributed by atoms with Gasteiger partial charge in [0.15, 0.2) is 0 Å². The average molecular weight is 394 g/mol. The number of aliphatic hydroxyl groups is 1. The second-order valence-corrected chi connectivity index (χ2v) is 7.22. The van der Waals surface area contributed by atoms with E-state index in [-0.39, 0.29) is 6.10 Å². The lowest BCUT2D eigenvalue weighted by Gasteiger charge is -2.14. The molecule has 1 aliphatic carbocycles. The van der Waals surface area contributed by atoms with Gasteiger partial charge in [-0.05, 0) is 36.2 Å². The molecule has 0 saturated carbocycles. The monoisotopic (exact) mass is 394 g/mol. The summed E-state index contributed by atoms with van der Waals surface area (Å²) in [4.78, 5) is 24.0. The molecule has 29 heavy (non-hydrogen) atoms. The predicted molar refractivity (Wildman–Crippen MR) is 107 cm³/mol. The minimum atomic E-state index is -1.16. The summed E-state index contributed by atoms with van der Waals surface area (Å²) in [6.07, 6.45) is 1.70. The largest absolute Gasteiger partial charge is 0.490 e. The van der Waals surface area contributed by atoms with E-state index < -0.39 is 24.5 Å². The van der Waals surface area contributed by atoms with Crippen molar-refractivity contribution in [3.8, 4) is 5.75 Å². The molecule has 4 N–H and O–H groups in total. The summed E-state index contributed by atoms with van der Waals surface area (Å²) < 4.78 is 11.8. The van der Waals surface area contributed by atoms with Crippen LogP contribution in [0, 0.1) is 6.92 Å². The van der Waals surface area contributed by atoms with Gasteiger partial charge in [0.2, 0.25) is 5.91 Å². The van der Waals surface area contributed by atoms with Crippen LogP contribution in [0.1, 0.15) is 27.2 Å². The molecule has 0 spiro atoms. The van der Waals surface area contributed by atoms with Crippen molar-refractivity contribution in [1.82, 2.24) is 5.32 Å². The summed E-state index contributed by atoms with van der Waals surface area (Å²) in [5, 5.41) is 12.3. The van der Waals surface area contributed by atoms with Crippen LogP contribution in [0.3, 0.4) is 0 Å². The van der Waals surface area contributed by atoms with Gasteiger partial charge in [-0.2, -0.15) is 0 Å². The second kappa shape index (κ2) is 7.60. The molecule has 150 valence electrons. The number of aliphatic hydroxyl groups excluding tert-OH is 1. The maximum absolute atomic E-state index is 12.7. The van der Waals surface area contributed by atoms with Gasteiger partial charge in [-0.1, -0.05) is 24.3 Å². The Morgan fingerprint density at radius 1 is 1.24 bits per heavy atom. The Hall–Kier alpha value is -3.32. The minimum absolute atomic E-state index is 0.0313. The van der Waals surface area contributed by atoms with Crippen molar-refractivity contribution in [3.05, 3.63) is 64.9 Å². The Balaban J connectivity index is 1.58. The van der Waals surface area contributed by atoms with Crippen LogP contribution < -0.4 is 15.8 Å². The number of aryl methyl sites for hydroxylation is 1. The predicted octanol–water partition coefficient (Wildman–Crippen LogP) is 1.86. The summed E-state index contributed by atoms with van der Waals surface area (Å²) in [7, 11) is 0. The van der Waals surface area contributed by atoms with Gasteiger partial charge in [0.1, 0.15) is 29.2 Å². The molecule has 1 aliphatic rings. The molecule has 2 aromatic carbocycles. The van der Waals surface area contributed by atoms with Crippen molar-refractivity contribution < 1.29 is 23.8 Å². The molecule has 7 heteroatoms. The number of hydrogen-bond acceptors (Lipinski definition) is 5. The first-order valence-corrected chi connectivity index (χ1v) is 9.44. The Bertz CT molecular complexity index is 1060. The number of amides is 2. The van der Waals surface area contributed by atoms with E-state index in [0.29, 0.717) is 28.0 Å². The number of carbonyl (C=O) groups is 2. The Morgan fingerprint density at radius 3 is 2.55 bits per heavy atom. The fraction of sp³-hybridized carbons (Fsp3) is 0.273. The first-order valence-electron chi connectivity index (χ1n) is 9.44. The maximum atomic E-state index is 12.7. The molecule has 1 heterocycles. The van der Waals surface area contributed by atoms with Gasteiger partial charge < -0.3 is 25.3 Å². The van der Waals surface area contributed by atoms with Gasteiger partial charge in [0.05, 0.1) is 12.2 Å². The third-order valence-electron chi connectivity index (χ3n) is 5.21. The molecule has 1 atom stereocenters. The van der Waals surface area contributed by atoms with Gasteiger partial charge in [0.25, 0.3) is 5.91 Å². The smallest absolute Gasteiger partial charge is 0.256 e. The van der Waals surface area contributed by atoms with E-state index in [9.17, 15) is 14.7 Å². The zero-order chi connectivity index (χ0) is 20.5. The molecule has 4 rings (SSSR count). The zero-order valence-corrected chi connectivity index (χ0v) is 16.0. The molecule has 0 unspecified atom stereocenters. The number of furan rings is 1. The van der Waals surface area contributed by atoms with Gasteiger partial charge in [-0.3, -0.25) is 9.59 Å². The number of hydrogen-bond donors (Lipinski definition) is 3. The lowest BCUT2D eigenvalue weighted by Crippen LogP contribution is -2.46. The van der Waals surface area contributed by atoms with E-state index in [0.717, 1.165) is 12.8 Å². The van der Waals surface area contributed by atoms with Crippen LogP contribution in [-0.4, -0.2) is 35.7 Å². The molecule has 1 aromatic heterocycles. The van der Waals surface area contributed by atoms with Gasteiger partial charge >= 0.3 is 0 Å². The van der Waals surface area contributed by atoms with E-state index in [4.69, 9.17) is 14.9 Å². The first kappa shape index (κ1) is 19.0. The number of fused-ring (bicyclic) bond motifs is 2. The van der Waals surface area contributed by atoms with Crippen LogP contribution in [0.5, 0.6) is 5.75 Å². The van der Waals surface area contributed by atoms with E-state index in [1.54, 1.807) is 19.1 Å². The highest BCUT2D eigenvalue weighted by molar-refractivity contribution is 6.08. The fourth-order valence-electron chi connectivity index (χ4n) is 3.79. The van der Waals surface area contributed by atoms with Crippen molar-refractivity contribution in [2.24, 2.45) is 5.73 Å². The Labute approximate surface area is 167 Å².